The summed E-state index contributed by atoms with van der Waals surface area (Å²) in [4.78, 5) is 11.1. The Bertz CT molecular complexity index is 340. The van der Waals surface area contributed by atoms with Gasteiger partial charge in [0.25, 0.3) is 0 Å². The number of nitrogens with one attached hydrogen (secondary N) is 2. The fourth-order valence-electron chi connectivity index (χ4n) is 1.29. The van der Waals surface area contributed by atoms with Gasteiger partial charge in [0.05, 0.1) is 13.1 Å². The van der Waals surface area contributed by atoms with E-state index in [2.05, 4.69) is 10.6 Å². The molecule has 0 unspecified atom stereocenters. The lowest BCUT2D eigenvalue weighted by Gasteiger charge is -2.07. The standard InChI is InChI=1S/C12H18N2O2/c1-10-4-3-5-11(8-10)16-7-6-14-12(15)9-13-2/h3-5,8,13H,6-7,9H2,1-2H3,(H,14,15). The number of hydrogen-bond donors (Lipinski definition) is 2. The predicted octanol–water partition coefficient (Wildman–Crippen LogP) is 0.709. The lowest BCUT2D eigenvalue weighted by atomic mass is 10.2. The van der Waals surface area contributed by atoms with Crippen LogP contribution in [0, 0.1) is 6.92 Å². The van der Waals surface area contributed by atoms with Crippen molar-refractivity contribution in [3.8, 4) is 5.75 Å². The van der Waals surface area contributed by atoms with Gasteiger partial charge in [-0.05, 0) is 31.7 Å². The number of ether oxygens (including phenoxy) is 1. The third-order valence-electron chi connectivity index (χ3n) is 2.02. The second kappa shape index (κ2) is 6.85. The molecule has 0 aliphatic carbocycles. The van der Waals surface area contributed by atoms with Crippen LogP contribution in [0.4, 0.5) is 0 Å². The molecule has 16 heavy (non-hydrogen) atoms. The highest BCUT2D eigenvalue weighted by Gasteiger charge is 1.98. The molecule has 0 spiro atoms. The van der Waals surface area contributed by atoms with Crippen LogP contribution >= 0.6 is 0 Å². The van der Waals surface area contributed by atoms with E-state index >= 15 is 0 Å². The fraction of sp³-hybridized carbons (Fsp3) is 0.417. The number of likely N-dealkylation sites (N-methyl/N-ethyl adjacent to an activating group) is 1. The number of aryl methyl sites for hydroxylation is 1. The maximum absolute atomic E-state index is 11.1. The molecule has 0 aliphatic heterocycles. The molecule has 2 N–H and O–H groups in total. The zero-order valence-corrected chi connectivity index (χ0v) is 9.75. The molecule has 0 atom stereocenters. The number of hydrogen-bond acceptors (Lipinski definition) is 3. The molecule has 0 saturated carbocycles. The van der Waals surface area contributed by atoms with Crippen LogP contribution in [0.1, 0.15) is 5.56 Å². The minimum atomic E-state index is -0.0182. The van der Waals surface area contributed by atoms with Crippen LogP contribution in [-0.2, 0) is 4.79 Å². The van der Waals surface area contributed by atoms with Gasteiger partial charge < -0.3 is 15.4 Å². The summed E-state index contributed by atoms with van der Waals surface area (Å²) in [5.41, 5.74) is 1.16. The summed E-state index contributed by atoms with van der Waals surface area (Å²) in [7, 11) is 1.74. The van der Waals surface area contributed by atoms with Gasteiger partial charge in [-0.15, -0.1) is 0 Å². The Balaban J connectivity index is 2.18. The Morgan fingerprint density at radius 3 is 2.94 bits per heavy atom. The normalized spacial score (nSPS) is 9.88. The highest BCUT2D eigenvalue weighted by atomic mass is 16.5. The van der Waals surface area contributed by atoms with E-state index in [9.17, 15) is 4.79 Å². The van der Waals surface area contributed by atoms with Gasteiger partial charge in [0.15, 0.2) is 0 Å². The molecule has 4 nitrogen and oxygen atoms in total. The summed E-state index contributed by atoms with van der Waals surface area (Å²) in [5, 5.41) is 5.52. The third kappa shape index (κ3) is 4.79. The van der Waals surface area contributed by atoms with Gasteiger partial charge in [0, 0.05) is 0 Å². The molecule has 0 aromatic heterocycles. The first-order valence-electron chi connectivity index (χ1n) is 5.33. The van der Waals surface area contributed by atoms with Crippen LogP contribution in [0.15, 0.2) is 24.3 Å². The first-order chi connectivity index (χ1) is 7.72. The molecule has 0 heterocycles. The Morgan fingerprint density at radius 1 is 1.44 bits per heavy atom. The fourth-order valence-corrected chi connectivity index (χ4v) is 1.29. The molecule has 1 aromatic carbocycles. The average Bonchev–Trinajstić information content (AvgIpc) is 2.25. The van der Waals surface area contributed by atoms with Gasteiger partial charge in [0.2, 0.25) is 5.91 Å². The Kier molecular flexibility index (Phi) is 5.36. The molecule has 0 radical (unpaired) electrons. The quantitative estimate of drug-likeness (QED) is 0.697. The molecule has 1 aromatic rings. The van der Waals surface area contributed by atoms with Gasteiger partial charge in [-0.2, -0.15) is 0 Å². The van der Waals surface area contributed by atoms with Crippen molar-refractivity contribution in [2.45, 2.75) is 6.92 Å². The topological polar surface area (TPSA) is 50.4 Å². The van der Waals surface area contributed by atoms with E-state index in [1.807, 2.05) is 31.2 Å². The van der Waals surface area contributed by atoms with Crippen LogP contribution in [0.5, 0.6) is 5.75 Å². The highest BCUT2D eigenvalue weighted by molar-refractivity contribution is 5.77. The summed E-state index contributed by atoms with van der Waals surface area (Å²) in [6, 6.07) is 7.84. The first kappa shape index (κ1) is 12.5. The van der Waals surface area contributed by atoms with Crippen molar-refractivity contribution in [1.29, 1.82) is 0 Å². The SMILES string of the molecule is CNCC(=O)NCCOc1cccc(C)c1. The van der Waals surface area contributed by atoms with Crippen LogP contribution in [0.25, 0.3) is 0 Å². The van der Waals surface area contributed by atoms with Crippen molar-refractivity contribution in [3.63, 3.8) is 0 Å². The van der Waals surface area contributed by atoms with Crippen molar-refractivity contribution >= 4 is 5.91 Å². The van der Waals surface area contributed by atoms with E-state index in [-0.39, 0.29) is 5.91 Å². The molecule has 0 saturated heterocycles. The molecule has 0 fully saturated rings. The first-order valence-corrected chi connectivity index (χ1v) is 5.33. The molecular weight excluding hydrogens is 204 g/mol. The summed E-state index contributed by atoms with van der Waals surface area (Å²) < 4.78 is 5.48. The van der Waals surface area contributed by atoms with Gasteiger partial charge in [-0.25, -0.2) is 0 Å². The van der Waals surface area contributed by atoms with Gasteiger partial charge in [-0.1, -0.05) is 12.1 Å². The second-order valence-corrected chi connectivity index (χ2v) is 3.55. The van der Waals surface area contributed by atoms with E-state index in [4.69, 9.17) is 4.74 Å². The molecule has 88 valence electrons. The number of amides is 1. The van der Waals surface area contributed by atoms with Crippen molar-refractivity contribution in [2.24, 2.45) is 0 Å². The Labute approximate surface area is 96.0 Å². The van der Waals surface area contributed by atoms with E-state index < -0.39 is 0 Å². The Morgan fingerprint density at radius 2 is 2.25 bits per heavy atom. The smallest absolute Gasteiger partial charge is 0.234 e. The van der Waals surface area contributed by atoms with Gasteiger partial charge >= 0.3 is 0 Å². The molecule has 1 rings (SSSR count). The molecule has 0 bridgehead atoms. The van der Waals surface area contributed by atoms with E-state index in [1.54, 1.807) is 7.05 Å². The molecule has 0 aliphatic rings. The predicted molar refractivity (Wildman–Crippen MR) is 63.6 cm³/mol. The van der Waals surface area contributed by atoms with Crippen LogP contribution in [0.2, 0.25) is 0 Å². The maximum Gasteiger partial charge on any atom is 0.234 e. The number of rotatable bonds is 6. The van der Waals surface area contributed by atoms with Crippen molar-refractivity contribution in [1.82, 2.24) is 10.6 Å². The largest absolute Gasteiger partial charge is 0.492 e. The number of benzene rings is 1. The summed E-state index contributed by atoms with van der Waals surface area (Å²) in [6.07, 6.45) is 0. The van der Waals surface area contributed by atoms with Crippen molar-refractivity contribution in [3.05, 3.63) is 29.8 Å². The minimum Gasteiger partial charge on any atom is -0.492 e. The Hall–Kier alpha value is -1.55. The second-order valence-electron chi connectivity index (χ2n) is 3.55. The van der Waals surface area contributed by atoms with E-state index in [0.29, 0.717) is 19.7 Å². The lowest BCUT2D eigenvalue weighted by Crippen LogP contribution is -2.34. The summed E-state index contributed by atoms with van der Waals surface area (Å²) in [5.74, 6) is 0.818. The van der Waals surface area contributed by atoms with Crippen LogP contribution in [0.3, 0.4) is 0 Å². The average molecular weight is 222 g/mol. The van der Waals surface area contributed by atoms with Gasteiger partial charge in [-0.3, -0.25) is 4.79 Å². The lowest BCUT2D eigenvalue weighted by molar-refractivity contribution is -0.120. The van der Waals surface area contributed by atoms with E-state index in [1.165, 1.54) is 0 Å². The molecular formula is C12H18N2O2. The number of carbonyl (C=O) groups excluding carboxylic acids is 1. The van der Waals surface area contributed by atoms with Crippen molar-refractivity contribution in [2.75, 3.05) is 26.7 Å². The molecule has 1 amide bonds. The number of carbonyl (C=O) groups is 1. The van der Waals surface area contributed by atoms with Crippen molar-refractivity contribution < 1.29 is 9.53 Å². The van der Waals surface area contributed by atoms with E-state index in [0.717, 1.165) is 11.3 Å². The van der Waals surface area contributed by atoms with Gasteiger partial charge in [0.1, 0.15) is 12.4 Å². The van der Waals surface area contributed by atoms with Crippen LogP contribution < -0.4 is 15.4 Å². The highest BCUT2D eigenvalue weighted by Crippen LogP contribution is 2.11. The third-order valence-corrected chi connectivity index (χ3v) is 2.02. The zero-order valence-electron chi connectivity index (χ0n) is 9.75. The summed E-state index contributed by atoms with van der Waals surface area (Å²) >= 11 is 0. The minimum absolute atomic E-state index is 0.0182. The monoisotopic (exact) mass is 222 g/mol. The molecule has 4 heteroatoms. The summed E-state index contributed by atoms with van der Waals surface area (Å²) in [6.45, 7) is 3.36. The van der Waals surface area contributed by atoms with Crippen LogP contribution in [-0.4, -0.2) is 32.7 Å². The zero-order chi connectivity index (χ0) is 11.8. The maximum atomic E-state index is 11.1.